The Bertz CT molecular complexity index is 670. The van der Waals surface area contributed by atoms with Gasteiger partial charge < -0.3 is 4.74 Å². The zero-order valence-electron chi connectivity index (χ0n) is 12.8. The molecular weight excluding hydrogens is 270 g/mol. The van der Waals surface area contributed by atoms with E-state index in [0.29, 0.717) is 5.92 Å². The van der Waals surface area contributed by atoms with E-state index >= 15 is 0 Å². The Kier molecular flexibility index (Phi) is 2.73. The summed E-state index contributed by atoms with van der Waals surface area (Å²) in [5.41, 5.74) is 6.48. The number of ether oxygens (including phenoxy) is 1. The monoisotopic (exact) mass is 291 g/mol. The minimum Gasteiger partial charge on any atom is -0.379 e. The van der Waals surface area contributed by atoms with E-state index in [1.165, 1.54) is 6.42 Å². The second kappa shape index (κ2) is 4.68. The molecule has 0 aromatic heterocycles. The topological polar surface area (TPSA) is 12.5 Å². The quantitative estimate of drug-likeness (QED) is 0.843. The van der Waals surface area contributed by atoms with Crippen molar-refractivity contribution in [2.45, 2.75) is 17.8 Å². The van der Waals surface area contributed by atoms with Crippen LogP contribution in [0.5, 0.6) is 0 Å². The van der Waals surface area contributed by atoms with Crippen LogP contribution in [0, 0.1) is 0 Å². The molecule has 0 atom stereocenters. The molecule has 3 aliphatic rings. The third-order valence-corrected chi connectivity index (χ3v) is 5.85. The maximum atomic E-state index is 5.54. The molecule has 2 heteroatoms. The lowest BCUT2D eigenvalue weighted by Gasteiger charge is -2.38. The van der Waals surface area contributed by atoms with Gasteiger partial charge in [0.1, 0.15) is 0 Å². The van der Waals surface area contributed by atoms with Crippen molar-refractivity contribution >= 4 is 0 Å². The summed E-state index contributed by atoms with van der Waals surface area (Å²) in [5.74, 6) is 0.605. The smallest absolute Gasteiger partial charge is 0.0594 e. The normalized spacial score (nSPS) is 29.4. The highest BCUT2D eigenvalue weighted by atomic mass is 16.5. The van der Waals surface area contributed by atoms with Crippen LogP contribution in [0.25, 0.3) is 0 Å². The van der Waals surface area contributed by atoms with E-state index in [4.69, 9.17) is 4.74 Å². The van der Waals surface area contributed by atoms with Crippen LogP contribution in [0.3, 0.4) is 0 Å². The number of rotatable bonds is 2. The third-order valence-electron chi connectivity index (χ3n) is 5.85. The van der Waals surface area contributed by atoms with Crippen molar-refractivity contribution in [3.05, 3.63) is 70.8 Å². The fourth-order valence-corrected chi connectivity index (χ4v) is 4.95. The van der Waals surface area contributed by atoms with E-state index in [1.807, 2.05) is 0 Å². The van der Waals surface area contributed by atoms with E-state index in [-0.39, 0.29) is 5.41 Å². The standard InChI is InChI=1S/C20H21NO/c1-3-7-18-15(5-1)17-13-20(18,14-21-9-11-22-12-10-21)19-8-4-2-6-16(17)19/h1-8,17H,9-14H2. The first-order chi connectivity index (χ1) is 10.9. The van der Waals surface area contributed by atoms with Gasteiger partial charge in [-0.15, -0.1) is 0 Å². The highest BCUT2D eigenvalue weighted by Crippen LogP contribution is 2.60. The second-order valence-electron chi connectivity index (χ2n) is 6.90. The largest absolute Gasteiger partial charge is 0.379 e. The Labute approximate surface area is 131 Å². The average molecular weight is 291 g/mol. The van der Waals surface area contributed by atoms with Crippen molar-refractivity contribution in [3.63, 3.8) is 0 Å². The third kappa shape index (κ3) is 1.62. The van der Waals surface area contributed by atoms with Gasteiger partial charge >= 0.3 is 0 Å². The Morgan fingerprint density at radius 3 is 2.14 bits per heavy atom. The number of benzene rings is 2. The van der Waals surface area contributed by atoms with Crippen molar-refractivity contribution in [1.82, 2.24) is 4.90 Å². The van der Waals surface area contributed by atoms with Crippen LogP contribution in [-0.2, 0) is 10.2 Å². The molecule has 1 fully saturated rings. The second-order valence-corrected chi connectivity index (χ2v) is 6.90. The molecule has 0 spiro atoms. The van der Waals surface area contributed by atoms with Gasteiger partial charge in [-0.1, -0.05) is 48.5 Å². The Balaban J connectivity index is 1.64. The first kappa shape index (κ1) is 12.9. The minimum atomic E-state index is 0.204. The number of hydrogen-bond acceptors (Lipinski definition) is 2. The molecule has 1 heterocycles. The molecule has 2 aromatic rings. The number of hydrogen-bond donors (Lipinski definition) is 0. The molecule has 0 saturated carbocycles. The lowest BCUT2D eigenvalue weighted by molar-refractivity contribution is 0.0303. The van der Waals surface area contributed by atoms with Crippen LogP contribution in [-0.4, -0.2) is 37.7 Å². The predicted molar refractivity (Wildman–Crippen MR) is 87.4 cm³/mol. The van der Waals surface area contributed by atoms with Crippen LogP contribution in [0.4, 0.5) is 0 Å². The molecular formula is C20H21NO. The average Bonchev–Trinajstić information content (AvgIpc) is 3.08. The van der Waals surface area contributed by atoms with Crippen molar-refractivity contribution in [2.24, 2.45) is 0 Å². The first-order valence-electron chi connectivity index (χ1n) is 8.37. The summed E-state index contributed by atoms with van der Waals surface area (Å²) in [4.78, 5) is 2.60. The molecule has 0 amide bonds. The molecule has 1 saturated heterocycles. The summed E-state index contributed by atoms with van der Waals surface area (Å²) < 4.78 is 5.54. The van der Waals surface area contributed by atoms with Gasteiger partial charge in [0.15, 0.2) is 0 Å². The fourth-order valence-electron chi connectivity index (χ4n) is 4.95. The van der Waals surface area contributed by atoms with E-state index in [1.54, 1.807) is 22.3 Å². The molecule has 22 heavy (non-hydrogen) atoms. The van der Waals surface area contributed by atoms with Gasteiger partial charge in [-0.05, 0) is 28.7 Å². The van der Waals surface area contributed by atoms with E-state index in [2.05, 4.69) is 53.4 Å². The highest BCUT2D eigenvalue weighted by Gasteiger charge is 2.52. The first-order valence-corrected chi connectivity index (χ1v) is 8.37. The zero-order valence-corrected chi connectivity index (χ0v) is 12.8. The highest BCUT2D eigenvalue weighted by molar-refractivity contribution is 5.62. The van der Waals surface area contributed by atoms with Crippen LogP contribution >= 0.6 is 0 Å². The van der Waals surface area contributed by atoms with Gasteiger partial charge in [0.25, 0.3) is 0 Å². The Hall–Kier alpha value is -1.64. The molecule has 1 aliphatic heterocycles. The summed E-state index contributed by atoms with van der Waals surface area (Å²) in [5, 5.41) is 0. The number of morpholine rings is 1. The summed E-state index contributed by atoms with van der Waals surface area (Å²) in [6, 6.07) is 18.2. The molecule has 0 radical (unpaired) electrons. The van der Waals surface area contributed by atoms with Gasteiger partial charge in [-0.25, -0.2) is 0 Å². The van der Waals surface area contributed by atoms with Crippen LogP contribution in [0.2, 0.25) is 0 Å². The molecule has 112 valence electrons. The summed E-state index contributed by atoms with van der Waals surface area (Å²) >= 11 is 0. The number of fused-ring (bicyclic) bond motifs is 8. The lowest BCUT2D eigenvalue weighted by Crippen LogP contribution is -2.45. The minimum absolute atomic E-state index is 0.204. The van der Waals surface area contributed by atoms with Gasteiger partial charge in [0.05, 0.1) is 13.2 Å². The van der Waals surface area contributed by atoms with Crippen molar-refractivity contribution in [2.75, 3.05) is 32.8 Å². The molecule has 5 rings (SSSR count). The van der Waals surface area contributed by atoms with Crippen molar-refractivity contribution in [1.29, 1.82) is 0 Å². The van der Waals surface area contributed by atoms with Crippen LogP contribution in [0.15, 0.2) is 48.5 Å². The van der Waals surface area contributed by atoms with Gasteiger partial charge in [-0.3, -0.25) is 4.90 Å². The maximum absolute atomic E-state index is 5.54. The molecule has 0 N–H and O–H groups in total. The van der Waals surface area contributed by atoms with Crippen LogP contribution < -0.4 is 0 Å². The lowest BCUT2D eigenvalue weighted by atomic mass is 9.74. The maximum Gasteiger partial charge on any atom is 0.0594 e. The summed E-state index contributed by atoms with van der Waals surface area (Å²) in [7, 11) is 0. The van der Waals surface area contributed by atoms with E-state index in [0.717, 1.165) is 32.8 Å². The van der Waals surface area contributed by atoms with Crippen molar-refractivity contribution < 1.29 is 4.74 Å². The van der Waals surface area contributed by atoms with Crippen molar-refractivity contribution in [3.8, 4) is 0 Å². The fraction of sp³-hybridized carbons (Fsp3) is 0.400. The Morgan fingerprint density at radius 2 is 1.50 bits per heavy atom. The SMILES string of the molecule is c1ccc2c(c1)C1CC2(CN2CCOCC2)c2ccccc21. The number of nitrogens with zero attached hydrogens (tertiary/aromatic N) is 1. The predicted octanol–water partition coefficient (Wildman–Crippen LogP) is 3.15. The summed E-state index contributed by atoms with van der Waals surface area (Å²) in [6.07, 6.45) is 1.25. The molecule has 0 unspecified atom stereocenters. The molecule has 2 bridgehead atoms. The zero-order chi connectivity index (χ0) is 14.6. The van der Waals surface area contributed by atoms with E-state index in [9.17, 15) is 0 Å². The van der Waals surface area contributed by atoms with E-state index < -0.39 is 0 Å². The molecule has 2 nitrogen and oxygen atoms in total. The van der Waals surface area contributed by atoms with Gasteiger partial charge in [0, 0.05) is 31.0 Å². The Morgan fingerprint density at radius 1 is 0.909 bits per heavy atom. The molecule has 2 aromatic carbocycles. The van der Waals surface area contributed by atoms with Crippen LogP contribution in [0.1, 0.15) is 34.6 Å². The van der Waals surface area contributed by atoms with Gasteiger partial charge in [-0.2, -0.15) is 0 Å². The molecule has 2 aliphatic carbocycles. The van der Waals surface area contributed by atoms with Gasteiger partial charge in [0.2, 0.25) is 0 Å². The summed E-state index contributed by atoms with van der Waals surface area (Å²) in [6.45, 7) is 5.03.